The summed E-state index contributed by atoms with van der Waals surface area (Å²) in [5.41, 5.74) is 0.792. The van der Waals surface area contributed by atoms with Gasteiger partial charge in [-0.2, -0.15) is 13.2 Å². The van der Waals surface area contributed by atoms with Crippen LogP contribution in [-0.2, 0) is 6.61 Å². The number of nitrogens with zero attached hydrogens (tertiary/aromatic N) is 3. The molecule has 0 radical (unpaired) electrons. The number of hydrogen-bond donors (Lipinski definition) is 1. The maximum absolute atomic E-state index is 12.3. The van der Waals surface area contributed by atoms with Gasteiger partial charge >= 0.3 is 6.18 Å². The molecule has 1 N–H and O–H groups in total. The molecular formula is C11H16F3N3OS. The predicted molar refractivity (Wildman–Crippen MR) is 67.5 cm³/mol. The van der Waals surface area contributed by atoms with Gasteiger partial charge in [-0.15, -0.1) is 0 Å². The molecule has 0 aromatic carbocycles. The number of hydrogen-bond acceptors (Lipinski definition) is 5. The molecule has 1 fully saturated rings. The Kier molecular flexibility index (Phi) is 4.32. The van der Waals surface area contributed by atoms with Crippen molar-refractivity contribution in [2.24, 2.45) is 0 Å². The summed E-state index contributed by atoms with van der Waals surface area (Å²) in [6.45, 7) is 2.77. The molecule has 19 heavy (non-hydrogen) atoms. The second-order valence-corrected chi connectivity index (χ2v) is 5.60. The van der Waals surface area contributed by atoms with Gasteiger partial charge in [0.2, 0.25) is 0 Å². The van der Waals surface area contributed by atoms with Crippen molar-refractivity contribution < 1.29 is 18.3 Å². The highest BCUT2D eigenvalue weighted by Gasteiger charge is 2.32. The van der Waals surface area contributed by atoms with Crippen LogP contribution in [0.5, 0.6) is 0 Å². The molecule has 1 saturated heterocycles. The molecule has 0 bridgehead atoms. The first-order chi connectivity index (χ1) is 8.89. The molecule has 0 aliphatic carbocycles. The molecule has 2 rings (SSSR count). The van der Waals surface area contributed by atoms with E-state index < -0.39 is 12.7 Å². The van der Waals surface area contributed by atoms with Gasteiger partial charge in [0, 0.05) is 26.2 Å². The summed E-state index contributed by atoms with van der Waals surface area (Å²) < 4.78 is 36.8. The molecule has 1 aromatic rings. The van der Waals surface area contributed by atoms with Crippen LogP contribution >= 0.6 is 11.3 Å². The van der Waals surface area contributed by atoms with Gasteiger partial charge in [0.25, 0.3) is 0 Å². The van der Waals surface area contributed by atoms with E-state index in [2.05, 4.69) is 4.98 Å². The van der Waals surface area contributed by atoms with E-state index in [9.17, 15) is 13.2 Å². The van der Waals surface area contributed by atoms with Crippen molar-refractivity contribution >= 4 is 16.5 Å². The summed E-state index contributed by atoms with van der Waals surface area (Å²) in [7, 11) is 0. The topological polar surface area (TPSA) is 39.6 Å². The number of piperazine rings is 1. The number of thiazole rings is 1. The van der Waals surface area contributed by atoms with Crippen molar-refractivity contribution in [2.45, 2.75) is 19.7 Å². The Morgan fingerprint density at radius 2 is 1.89 bits per heavy atom. The van der Waals surface area contributed by atoms with Crippen molar-refractivity contribution in [3.63, 3.8) is 0 Å². The van der Waals surface area contributed by atoms with E-state index >= 15 is 0 Å². The van der Waals surface area contributed by atoms with Crippen molar-refractivity contribution in [1.82, 2.24) is 9.88 Å². The molecule has 1 aliphatic heterocycles. The molecule has 8 heteroatoms. The minimum absolute atomic E-state index is 0.0441. The number of aromatic nitrogens is 1. The zero-order valence-corrected chi connectivity index (χ0v) is 11.4. The minimum atomic E-state index is -4.13. The summed E-state index contributed by atoms with van der Waals surface area (Å²) in [5.74, 6) is 0. The Morgan fingerprint density at radius 1 is 1.26 bits per heavy atom. The first-order valence-electron chi connectivity index (χ1n) is 6.00. The molecule has 0 atom stereocenters. The number of anilines is 1. The van der Waals surface area contributed by atoms with Crippen molar-refractivity contribution in [3.05, 3.63) is 10.6 Å². The summed E-state index contributed by atoms with van der Waals surface area (Å²) in [5, 5.41) is 9.90. The van der Waals surface area contributed by atoms with Gasteiger partial charge in [-0.1, -0.05) is 11.3 Å². The lowest BCUT2D eigenvalue weighted by atomic mass is 10.3. The molecule has 0 saturated carbocycles. The smallest absolute Gasteiger partial charge is 0.391 e. The maximum Gasteiger partial charge on any atom is 0.401 e. The fraction of sp³-hybridized carbons (Fsp3) is 0.727. The zero-order chi connectivity index (χ0) is 14.0. The standard InChI is InChI=1S/C11H16F3N3OS/c1-8-9(6-18)19-10(15-8)17-4-2-16(3-5-17)7-11(12,13)14/h18H,2-7H2,1H3. The Balaban J connectivity index is 1.92. The fourth-order valence-corrected chi connectivity index (χ4v) is 3.02. The fourth-order valence-electron chi connectivity index (χ4n) is 2.05. The van der Waals surface area contributed by atoms with E-state index in [0.29, 0.717) is 26.2 Å². The molecule has 1 aromatic heterocycles. The molecule has 0 unspecified atom stereocenters. The average molecular weight is 295 g/mol. The minimum Gasteiger partial charge on any atom is -0.391 e. The van der Waals surface area contributed by atoms with Crippen LogP contribution in [0.25, 0.3) is 0 Å². The van der Waals surface area contributed by atoms with E-state index in [4.69, 9.17) is 5.11 Å². The Bertz CT molecular complexity index is 427. The summed E-state index contributed by atoms with van der Waals surface area (Å²) in [6.07, 6.45) is -4.13. The summed E-state index contributed by atoms with van der Waals surface area (Å²) >= 11 is 1.40. The highest BCUT2D eigenvalue weighted by molar-refractivity contribution is 7.15. The van der Waals surface area contributed by atoms with Crippen LogP contribution in [0.15, 0.2) is 0 Å². The molecule has 0 amide bonds. The van der Waals surface area contributed by atoms with Crippen LogP contribution in [-0.4, -0.2) is 53.9 Å². The highest BCUT2D eigenvalue weighted by atomic mass is 32.1. The van der Waals surface area contributed by atoms with E-state index in [1.807, 2.05) is 11.8 Å². The third kappa shape index (κ3) is 3.80. The van der Waals surface area contributed by atoms with E-state index in [1.165, 1.54) is 16.2 Å². The van der Waals surface area contributed by atoms with Gasteiger partial charge in [-0.3, -0.25) is 4.90 Å². The summed E-state index contributed by atoms with van der Waals surface area (Å²) in [4.78, 5) is 8.54. The van der Waals surface area contributed by atoms with Crippen LogP contribution in [0.4, 0.5) is 18.3 Å². The second-order valence-electron chi connectivity index (χ2n) is 4.54. The third-order valence-electron chi connectivity index (χ3n) is 3.07. The van der Waals surface area contributed by atoms with Crippen molar-refractivity contribution in [3.8, 4) is 0 Å². The first-order valence-corrected chi connectivity index (χ1v) is 6.82. The zero-order valence-electron chi connectivity index (χ0n) is 10.6. The van der Waals surface area contributed by atoms with Crippen molar-refractivity contribution in [1.29, 1.82) is 0 Å². The second kappa shape index (κ2) is 5.64. The van der Waals surface area contributed by atoms with Crippen LogP contribution in [0.2, 0.25) is 0 Å². The van der Waals surface area contributed by atoms with E-state index in [-0.39, 0.29) is 6.61 Å². The molecule has 1 aliphatic rings. The van der Waals surface area contributed by atoms with Gasteiger partial charge in [0.1, 0.15) is 0 Å². The Morgan fingerprint density at radius 3 is 2.37 bits per heavy atom. The lowest BCUT2D eigenvalue weighted by Crippen LogP contribution is -2.49. The van der Waals surface area contributed by atoms with Crippen LogP contribution in [0, 0.1) is 6.92 Å². The number of aliphatic hydroxyl groups excluding tert-OH is 1. The molecule has 2 heterocycles. The molecule has 108 valence electrons. The number of rotatable bonds is 3. The maximum atomic E-state index is 12.3. The van der Waals surface area contributed by atoms with Crippen molar-refractivity contribution in [2.75, 3.05) is 37.6 Å². The Labute approximate surface area is 113 Å². The van der Waals surface area contributed by atoms with Crippen LogP contribution < -0.4 is 4.90 Å². The normalized spacial score (nSPS) is 18.1. The van der Waals surface area contributed by atoms with E-state index in [0.717, 1.165) is 15.7 Å². The van der Waals surface area contributed by atoms with Gasteiger partial charge in [0.15, 0.2) is 5.13 Å². The van der Waals surface area contributed by atoms with Gasteiger partial charge in [-0.25, -0.2) is 4.98 Å². The number of halogens is 3. The van der Waals surface area contributed by atoms with Crippen LogP contribution in [0.3, 0.4) is 0 Å². The highest BCUT2D eigenvalue weighted by Crippen LogP contribution is 2.27. The quantitative estimate of drug-likeness (QED) is 0.920. The molecular weight excluding hydrogens is 279 g/mol. The van der Waals surface area contributed by atoms with E-state index in [1.54, 1.807) is 0 Å². The molecule has 0 spiro atoms. The monoisotopic (exact) mass is 295 g/mol. The van der Waals surface area contributed by atoms with Crippen LogP contribution in [0.1, 0.15) is 10.6 Å². The summed E-state index contributed by atoms with van der Waals surface area (Å²) in [6, 6.07) is 0. The predicted octanol–water partition coefficient (Wildman–Crippen LogP) is 1.63. The largest absolute Gasteiger partial charge is 0.401 e. The number of aliphatic hydroxyl groups is 1. The van der Waals surface area contributed by atoms with Gasteiger partial charge in [-0.05, 0) is 6.92 Å². The number of alkyl halides is 3. The average Bonchev–Trinajstić information content (AvgIpc) is 2.69. The Hall–Kier alpha value is -0.860. The lowest BCUT2D eigenvalue weighted by molar-refractivity contribution is -0.146. The SMILES string of the molecule is Cc1nc(N2CCN(CC(F)(F)F)CC2)sc1CO. The lowest BCUT2D eigenvalue weighted by Gasteiger charge is -2.34. The third-order valence-corrected chi connectivity index (χ3v) is 4.27. The van der Waals surface area contributed by atoms with Gasteiger partial charge < -0.3 is 10.0 Å². The van der Waals surface area contributed by atoms with Gasteiger partial charge in [0.05, 0.1) is 23.7 Å². The molecule has 4 nitrogen and oxygen atoms in total. The number of aryl methyl sites for hydroxylation is 1. The first kappa shape index (κ1) is 14.5.